The van der Waals surface area contributed by atoms with Gasteiger partial charge in [-0.3, -0.25) is 0 Å². The highest BCUT2D eigenvalue weighted by atomic mass is 79.9. The van der Waals surface area contributed by atoms with Crippen molar-refractivity contribution in [3.05, 3.63) is 28.2 Å². The van der Waals surface area contributed by atoms with Crippen molar-refractivity contribution >= 4 is 15.9 Å². The van der Waals surface area contributed by atoms with Gasteiger partial charge in [0.2, 0.25) is 0 Å². The lowest BCUT2D eigenvalue weighted by Gasteiger charge is -2.12. The van der Waals surface area contributed by atoms with Gasteiger partial charge >= 0.3 is 0 Å². The topological polar surface area (TPSA) is 66.5 Å². The number of aliphatic hydroxyl groups excluding tert-OH is 1. The summed E-state index contributed by atoms with van der Waals surface area (Å²) < 4.78 is 0.702. The zero-order chi connectivity index (χ0) is 9.84. The van der Waals surface area contributed by atoms with Crippen LogP contribution in [0.4, 0.5) is 0 Å². The molecule has 0 bridgehead atoms. The van der Waals surface area contributed by atoms with Gasteiger partial charge in [-0.25, -0.2) is 0 Å². The molecule has 0 aromatic heterocycles. The standard InChI is InChI=1S/C9H12BrNO2/c10-6-2-1-3-7(12)9(6)8(13)4-5-11/h1-3,8,12-13H,4-5,11H2. The summed E-state index contributed by atoms with van der Waals surface area (Å²) in [6.45, 7) is 0.391. The first-order chi connectivity index (χ1) is 6.16. The summed E-state index contributed by atoms with van der Waals surface area (Å²) in [4.78, 5) is 0. The largest absolute Gasteiger partial charge is 0.508 e. The third-order valence-electron chi connectivity index (χ3n) is 1.80. The number of aromatic hydroxyl groups is 1. The highest BCUT2D eigenvalue weighted by Gasteiger charge is 2.14. The Kier molecular flexibility index (Phi) is 3.71. The van der Waals surface area contributed by atoms with Gasteiger partial charge in [-0.1, -0.05) is 22.0 Å². The molecule has 0 aliphatic carbocycles. The first-order valence-corrected chi connectivity index (χ1v) is 4.81. The van der Waals surface area contributed by atoms with Crippen molar-refractivity contribution in [2.45, 2.75) is 12.5 Å². The van der Waals surface area contributed by atoms with Crippen molar-refractivity contribution in [3.63, 3.8) is 0 Å². The van der Waals surface area contributed by atoms with E-state index in [0.717, 1.165) is 0 Å². The normalized spacial score (nSPS) is 12.8. The molecular formula is C9H12BrNO2. The second-order valence-electron chi connectivity index (χ2n) is 2.77. The van der Waals surface area contributed by atoms with Crippen molar-refractivity contribution in [2.24, 2.45) is 5.73 Å². The number of hydrogen-bond acceptors (Lipinski definition) is 3. The Bertz CT molecular complexity index is 271. The Balaban J connectivity index is 2.98. The van der Waals surface area contributed by atoms with E-state index in [4.69, 9.17) is 5.73 Å². The molecule has 0 amide bonds. The maximum atomic E-state index is 9.61. The Labute approximate surface area is 85.3 Å². The lowest BCUT2D eigenvalue weighted by atomic mass is 10.1. The van der Waals surface area contributed by atoms with E-state index in [2.05, 4.69) is 15.9 Å². The van der Waals surface area contributed by atoms with Gasteiger partial charge in [0, 0.05) is 10.0 Å². The molecule has 0 saturated carbocycles. The zero-order valence-corrected chi connectivity index (χ0v) is 8.66. The van der Waals surface area contributed by atoms with E-state index in [-0.39, 0.29) is 5.75 Å². The minimum absolute atomic E-state index is 0.0929. The Morgan fingerprint density at radius 2 is 2.15 bits per heavy atom. The summed E-state index contributed by atoms with van der Waals surface area (Å²) in [6, 6.07) is 5.02. The predicted octanol–water partition coefficient (Wildman–Crippen LogP) is 1.54. The minimum Gasteiger partial charge on any atom is -0.508 e. The Hall–Kier alpha value is -0.580. The van der Waals surface area contributed by atoms with Gasteiger partial charge in [0.25, 0.3) is 0 Å². The monoisotopic (exact) mass is 245 g/mol. The van der Waals surface area contributed by atoms with Crippen LogP contribution in [0.15, 0.2) is 22.7 Å². The van der Waals surface area contributed by atoms with Crippen molar-refractivity contribution in [1.29, 1.82) is 0 Å². The highest BCUT2D eigenvalue weighted by Crippen LogP contribution is 2.32. The number of phenols is 1. The first-order valence-electron chi connectivity index (χ1n) is 4.02. The quantitative estimate of drug-likeness (QED) is 0.757. The molecule has 1 unspecified atom stereocenters. The lowest BCUT2D eigenvalue weighted by molar-refractivity contribution is 0.166. The number of benzene rings is 1. The van der Waals surface area contributed by atoms with E-state index in [1.54, 1.807) is 18.2 Å². The molecular weight excluding hydrogens is 234 g/mol. The number of nitrogens with two attached hydrogens (primary N) is 1. The third kappa shape index (κ3) is 2.43. The molecule has 3 nitrogen and oxygen atoms in total. The number of phenolic OH excluding ortho intramolecular Hbond substituents is 1. The van der Waals surface area contributed by atoms with Crippen molar-refractivity contribution in [1.82, 2.24) is 0 Å². The fourth-order valence-corrected chi connectivity index (χ4v) is 1.78. The molecule has 0 spiro atoms. The Morgan fingerprint density at radius 1 is 1.46 bits per heavy atom. The molecule has 1 aromatic carbocycles. The molecule has 1 aromatic rings. The molecule has 0 saturated heterocycles. The van der Waals surface area contributed by atoms with Crippen LogP contribution in [0.2, 0.25) is 0 Å². The van der Waals surface area contributed by atoms with Crippen LogP contribution in [0.1, 0.15) is 18.1 Å². The van der Waals surface area contributed by atoms with Crippen LogP contribution in [0.25, 0.3) is 0 Å². The minimum atomic E-state index is -0.708. The molecule has 0 radical (unpaired) electrons. The average Bonchev–Trinajstić information content (AvgIpc) is 2.04. The second kappa shape index (κ2) is 4.60. The van der Waals surface area contributed by atoms with Gasteiger partial charge in [0.15, 0.2) is 0 Å². The summed E-state index contributed by atoms with van der Waals surface area (Å²) in [5, 5.41) is 19.1. The molecule has 13 heavy (non-hydrogen) atoms. The van der Waals surface area contributed by atoms with E-state index in [9.17, 15) is 10.2 Å². The van der Waals surface area contributed by atoms with Crippen molar-refractivity contribution in [3.8, 4) is 5.75 Å². The summed E-state index contributed by atoms with van der Waals surface area (Å²) in [5.74, 6) is 0.0929. The number of aliphatic hydroxyl groups is 1. The van der Waals surface area contributed by atoms with Gasteiger partial charge in [-0.15, -0.1) is 0 Å². The van der Waals surface area contributed by atoms with Gasteiger partial charge in [-0.2, -0.15) is 0 Å². The molecule has 4 N–H and O–H groups in total. The number of halogens is 1. The van der Waals surface area contributed by atoms with E-state index in [0.29, 0.717) is 23.0 Å². The fourth-order valence-electron chi connectivity index (χ4n) is 1.16. The van der Waals surface area contributed by atoms with E-state index in [1.165, 1.54) is 0 Å². The average molecular weight is 246 g/mol. The molecule has 0 heterocycles. The van der Waals surface area contributed by atoms with E-state index in [1.807, 2.05) is 0 Å². The van der Waals surface area contributed by atoms with Crippen LogP contribution in [-0.4, -0.2) is 16.8 Å². The first kappa shape index (κ1) is 10.5. The van der Waals surface area contributed by atoms with Crippen molar-refractivity contribution in [2.75, 3.05) is 6.54 Å². The summed E-state index contributed by atoms with van der Waals surface area (Å²) in [7, 11) is 0. The fraction of sp³-hybridized carbons (Fsp3) is 0.333. The molecule has 4 heteroatoms. The van der Waals surface area contributed by atoms with E-state index < -0.39 is 6.10 Å². The zero-order valence-electron chi connectivity index (χ0n) is 7.07. The molecule has 72 valence electrons. The molecule has 1 rings (SSSR count). The van der Waals surface area contributed by atoms with Gasteiger partial charge in [-0.05, 0) is 25.1 Å². The van der Waals surface area contributed by atoms with Gasteiger partial charge in [0.1, 0.15) is 5.75 Å². The lowest BCUT2D eigenvalue weighted by Crippen LogP contribution is -2.07. The third-order valence-corrected chi connectivity index (χ3v) is 2.49. The smallest absolute Gasteiger partial charge is 0.122 e. The Morgan fingerprint density at radius 3 is 2.69 bits per heavy atom. The summed E-state index contributed by atoms with van der Waals surface area (Å²) in [6.07, 6.45) is -0.267. The molecule has 1 atom stereocenters. The van der Waals surface area contributed by atoms with Gasteiger partial charge < -0.3 is 15.9 Å². The van der Waals surface area contributed by atoms with Crippen LogP contribution in [0.3, 0.4) is 0 Å². The molecule has 0 aliphatic rings. The highest BCUT2D eigenvalue weighted by molar-refractivity contribution is 9.10. The van der Waals surface area contributed by atoms with Crippen LogP contribution >= 0.6 is 15.9 Å². The van der Waals surface area contributed by atoms with Crippen LogP contribution in [0, 0.1) is 0 Å². The molecule has 0 fully saturated rings. The summed E-state index contributed by atoms with van der Waals surface area (Å²) in [5.41, 5.74) is 5.82. The predicted molar refractivity (Wildman–Crippen MR) is 54.4 cm³/mol. The molecule has 0 aliphatic heterocycles. The maximum absolute atomic E-state index is 9.61. The van der Waals surface area contributed by atoms with E-state index >= 15 is 0 Å². The van der Waals surface area contributed by atoms with Crippen LogP contribution in [0.5, 0.6) is 5.75 Å². The maximum Gasteiger partial charge on any atom is 0.122 e. The SMILES string of the molecule is NCCC(O)c1c(O)cccc1Br. The summed E-state index contributed by atoms with van der Waals surface area (Å²) >= 11 is 3.26. The second-order valence-corrected chi connectivity index (χ2v) is 3.62. The van der Waals surface area contributed by atoms with Crippen LogP contribution < -0.4 is 5.73 Å². The number of hydrogen-bond donors (Lipinski definition) is 3. The number of rotatable bonds is 3. The van der Waals surface area contributed by atoms with Gasteiger partial charge in [0.05, 0.1) is 6.10 Å². The van der Waals surface area contributed by atoms with Crippen molar-refractivity contribution < 1.29 is 10.2 Å². The van der Waals surface area contributed by atoms with Crippen LogP contribution in [-0.2, 0) is 0 Å².